The van der Waals surface area contributed by atoms with Crippen LogP contribution in [0.3, 0.4) is 0 Å². The lowest BCUT2D eigenvalue weighted by atomic mass is 9.96. The van der Waals surface area contributed by atoms with Gasteiger partial charge in [0.15, 0.2) is 0 Å². The van der Waals surface area contributed by atoms with Crippen molar-refractivity contribution in [1.29, 1.82) is 0 Å². The van der Waals surface area contributed by atoms with Crippen molar-refractivity contribution in [2.45, 2.75) is 51.6 Å². The van der Waals surface area contributed by atoms with Gasteiger partial charge < -0.3 is 10.0 Å². The molecule has 0 amide bonds. The Morgan fingerprint density at radius 1 is 1.29 bits per heavy atom. The number of benzene rings is 1. The number of rotatable bonds is 6. The van der Waals surface area contributed by atoms with Crippen molar-refractivity contribution in [3.8, 4) is 0 Å². The molecule has 2 rings (SSSR count). The number of aliphatic hydroxyl groups is 1. The maximum absolute atomic E-state index is 10.4. The first-order valence-electron chi connectivity index (χ1n) is 8.35. The van der Waals surface area contributed by atoms with E-state index in [-0.39, 0.29) is 6.10 Å². The van der Waals surface area contributed by atoms with Crippen LogP contribution in [0, 0.1) is 5.92 Å². The monoisotopic (exact) mass is 353 g/mol. The van der Waals surface area contributed by atoms with Crippen LogP contribution in [0.1, 0.15) is 57.1 Å². The van der Waals surface area contributed by atoms with Gasteiger partial charge in [0.2, 0.25) is 0 Å². The Morgan fingerprint density at radius 2 is 2.10 bits per heavy atom. The molecular formula is C18H28BrNO. The quantitative estimate of drug-likeness (QED) is 0.795. The van der Waals surface area contributed by atoms with Crippen LogP contribution >= 0.6 is 15.9 Å². The molecule has 0 bridgehead atoms. The summed E-state index contributed by atoms with van der Waals surface area (Å²) in [5, 5.41) is 10.4. The lowest BCUT2D eigenvalue weighted by Crippen LogP contribution is -2.27. The van der Waals surface area contributed by atoms with Gasteiger partial charge in [-0.15, -0.1) is 0 Å². The maximum atomic E-state index is 10.4. The van der Waals surface area contributed by atoms with Crippen LogP contribution in [0.2, 0.25) is 0 Å². The first kappa shape index (κ1) is 17.0. The highest BCUT2D eigenvalue weighted by Crippen LogP contribution is 2.26. The van der Waals surface area contributed by atoms with E-state index in [0.717, 1.165) is 28.9 Å². The minimum atomic E-state index is -0.365. The topological polar surface area (TPSA) is 23.5 Å². The second-order valence-electron chi connectivity index (χ2n) is 6.25. The Morgan fingerprint density at radius 3 is 2.86 bits per heavy atom. The van der Waals surface area contributed by atoms with E-state index in [2.05, 4.69) is 27.8 Å². The zero-order chi connectivity index (χ0) is 15.1. The smallest absolute Gasteiger partial charge is 0.0813 e. The summed E-state index contributed by atoms with van der Waals surface area (Å²) in [6, 6.07) is 7.99. The van der Waals surface area contributed by atoms with Crippen LogP contribution in [0.4, 0.5) is 0 Å². The third kappa shape index (κ3) is 5.39. The van der Waals surface area contributed by atoms with E-state index in [9.17, 15) is 5.11 Å². The van der Waals surface area contributed by atoms with Crippen molar-refractivity contribution >= 4 is 15.9 Å². The molecule has 2 unspecified atom stereocenters. The second kappa shape index (κ2) is 8.92. The number of hydrogen-bond acceptors (Lipinski definition) is 2. The van der Waals surface area contributed by atoms with Crippen LogP contribution in [0.15, 0.2) is 28.7 Å². The van der Waals surface area contributed by atoms with Crippen molar-refractivity contribution in [2.75, 3.05) is 19.6 Å². The summed E-state index contributed by atoms with van der Waals surface area (Å²) in [6.45, 7) is 5.69. The summed E-state index contributed by atoms with van der Waals surface area (Å²) in [4.78, 5) is 2.54. The van der Waals surface area contributed by atoms with Gasteiger partial charge in [0, 0.05) is 11.0 Å². The molecule has 1 aliphatic rings. The Bertz CT molecular complexity index is 423. The molecule has 3 heteroatoms. The third-order valence-electron chi connectivity index (χ3n) is 4.62. The molecule has 0 aliphatic carbocycles. The summed E-state index contributed by atoms with van der Waals surface area (Å²) in [5.74, 6) is 0.924. The fraction of sp³-hybridized carbons (Fsp3) is 0.667. The molecule has 1 aromatic carbocycles. The van der Waals surface area contributed by atoms with Gasteiger partial charge in [0.25, 0.3) is 0 Å². The zero-order valence-electron chi connectivity index (χ0n) is 13.1. The maximum Gasteiger partial charge on any atom is 0.0813 e. The Labute approximate surface area is 137 Å². The molecule has 21 heavy (non-hydrogen) atoms. The molecule has 2 nitrogen and oxygen atoms in total. The third-order valence-corrected chi connectivity index (χ3v) is 5.34. The molecule has 1 N–H and O–H groups in total. The molecule has 0 radical (unpaired) electrons. The number of hydrogen-bond donors (Lipinski definition) is 1. The average Bonchev–Trinajstić information content (AvgIpc) is 2.71. The van der Waals surface area contributed by atoms with E-state index in [0.29, 0.717) is 0 Å². The number of nitrogens with zero attached hydrogens (tertiary/aromatic N) is 1. The van der Waals surface area contributed by atoms with E-state index in [1.54, 1.807) is 0 Å². The van der Waals surface area contributed by atoms with Gasteiger partial charge in [-0.25, -0.2) is 0 Å². The molecule has 0 aromatic heterocycles. The summed E-state index contributed by atoms with van der Waals surface area (Å²) >= 11 is 3.53. The van der Waals surface area contributed by atoms with Crippen LogP contribution in [-0.2, 0) is 0 Å². The molecule has 0 saturated carbocycles. The van der Waals surface area contributed by atoms with E-state index < -0.39 is 0 Å². The normalized spacial score (nSPS) is 22.0. The second-order valence-corrected chi connectivity index (χ2v) is 7.11. The van der Waals surface area contributed by atoms with Gasteiger partial charge in [0.1, 0.15) is 0 Å². The van der Waals surface area contributed by atoms with Crippen molar-refractivity contribution in [3.05, 3.63) is 34.3 Å². The van der Waals surface area contributed by atoms with Gasteiger partial charge in [-0.05, 0) is 56.3 Å². The molecule has 2 atom stereocenters. The Balaban J connectivity index is 1.79. The van der Waals surface area contributed by atoms with Gasteiger partial charge >= 0.3 is 0 Å². The summed E-state index contributed by atoms with van der Waals surface area (Å²) in [5.41, 5.74) is 1.01. The molecule has 1 fully saturated rings. The standard InChI is InChI=1S/C18H28BrNO/c1-2-6-15-7-5-12-20(13-10-15)14-11-18(21)16-8-3-4-9-17(16)19/h3-4,8-9,15,18,21H,2,5-7,10-14H2,1H3. The fourth-order valence-electron chi connectivity index (χ4n) is 3.35. The molecule has 1 aromatic rings. The van der Waals surface area contributed by atoms with Crippen molar-refractivity contribution in [1.82, 2.24) is 4.90 Å². The molecule has 118 valence electrons. The predicted molar refractivity (Wildman–Crippen MR) is 92.4 cm³/mol. The molecule has 1 aliphatic heterocycles. The zero-order valence-corrected chi connectivity index (χ0v) is 14.7. The number of aliphatic hydroxyl groups excluding tert-OH is 1. The molecular weight excluding hydrogens is 326 g/mol. The van der Waals surface area contributed by atoms with Crippen LogP contribution in [-0.4, -0.2) is 29.6 Å². The van der Waals surface area contributed by atoms with Crippen molar-refractivity contribution in [2.24, 2.45) is 5.92 Å². The first-order valence-corrected chi connectivity index (χ1v) is 9.14. The van der Waals surface area contributed by atoms with Crippen molar-refractivity contribution in [3.63, 3.8) is 0 Å². The van der Waals surface area contributed by atoms with Crippen LogP contribution in [0.25, 0.3) is 0 Å². The summed E-state index contributed by atoms with van der Waals surface area (Å²) in [6.07, 6.45) is 7.18. The number of likely N-dealkylation sites (tertiary alicyclic amines) is 1. The SMILES string of the molecule is CCCC1CCCN(CCC(O)c2ccccc2Br)CC1. The summed E-state index contributed by atoms with van der Waals surface area (Å²) < 4.78 is 1.01. The highest BCUT2D eigenvalue weighted by atomic mass is 79.9. The highest BCUT2D eigenvalue weighted by Gasteiger charge is 2.18. The fourth-order valence-corrected chi connectivity index (χ4v) is 3.90. The predicted octanol–water partition coefficient (Wildman–Crippen LogP) is 4.77. The Kier molecular flexibility index (Phi) is 7.21. The van der Waals surface area contributed by atoms with E-state index in [1.165, 1.54) is 45.2 Å². The summed E-state index contributed by atoms with van der Waals surface area (Å²) in [7, 11) is 0. The van der Waals surface area contributed by atoms with E-state index in [4.69, 9.17) is 0 Å². The van der Waals surface area contributed by atoms with Crippen LogP contribution in [0.5, 0.6) is 0 Å². The molecule has 1 saturated heterocycles. The van der Waals surface area contributed by atoms with Gasteiger partial charge in [-0.2, -0.15) is 0 Å². The lowest BCUT2D eigenvalue weighted by Gasteiger charge is -2.22. The van der Waals surface area contributed by atoms with E-state index in [1.807, 2.05) is 24.3 Å². The highest BCUT2D eigenvalue weighted by molar-refractivity contribution is 9.10. The van der Waals surface area contributed by atoms with Crippen molar-refractivity contribution < 1.29 is 5.11 Å². The number of halogens is 1. The largest absolute Gasteiger partial charge is 0.388 e. The minimum absolute atomic E-state index is 0.365. The average molecular weight is 354 g/mol. The molecule has 1 heterocycles. The minimum Gasteiger partial charge on any atom is -0.388 e. The van der Waals surface area contributed by atoms with Crippen LogP contribution < -0.4 is 0 Å². The Hall–Kier alpha value is -0.380. The van der Waals surface area contributed by atoms with E-state index >= 15 is 0 Å². The van der Waals surface area contributed by atoms with Gasteiger partial charge in [0.05, 0.1) is 6.10 Å². The first-order chi connectivity index (χ1) is 10.2. The van der Waals surface area contributed by atoms with Gasteiger partial charge in [-0.3, -0.25) is 0 Å². The van der Waals surface area contributed by atoms with Gasteiger partial charge in [-0.1, -0.05) is 53.9 Å². The lowest BCUT2D eigenvalue weighted by molar-refractivity contribution is 0.142. The molecule has 0 spiro atoms.